The topological polar surface area (TPSA) is 79.4 Å². The molecule has 0 aliphatic heterocycles. The molecule has 2 rings (SSSR count). The smallest absolute Gasteiger partial charge is 0.182 e. The first-order valence-electron chi connectivity index (χ1n) is 5.36. The minimum atomic E-state index is 0.319. The number of imidazole rings is 1. The van der Waals surface area contributed by atoms with Crippen LogP contribution in [0, 0.1) is 11.3 Å². The predicted molar refractivity (Wildman–Crippen MR) is 69.2 cm³/mol. The SMILES string of the molecule is Cn1ccnc1SCCNc1nccnc1C#N. The third-order valence-corrected chi connectivity index (χ3v) is 3.27. The molecule has 0 spiro atoms. The number of anilines is 1. The molecule has 92 valence electrons. The van der Waals surface area contributed by atoms with E-state index in [0.717, 1.165) is 10.9 Å². The van der Waals surface area contributed by atoms with Gasteiger partial charge < -0.3 is 9.88 Å². The quantitative estimate of drug-likeness (QED) is 0.644. The molecular weight excluding hydrogens is 248 g/mol. The van der Waals surface area contributed by atoms with E-state index in [9.17, 15) is 0 Å². The van der Waals surface area contributed by atoms with E-state index >= 15 is 0 Å². The lowest BCUT2D eigenvalue weighted by Gasteiger charge is -2.05. The fourth-order valence-electron chi connectivity index (χ4n) is 1.35. The standard InChI is InChI=1S/C11H12N6S/c1-17-6-4-16-11(17)18-7-5-15-10-9(8-12)13-2-3-14-10/h2-4,6H,5,7H2,1H3,(H,14,15). The van der Waals surface area contributed by atoms with E-state index < -0.39 is 0 Å². The molecule has 0 aromatic carbocycles. The molecule has 0 saturated carbocycles. The lowest BCUT2D eigenvalue weighted by Crippen LogP contribution is -2.08. The van der Waals surface area contributed by atoms with Gasteiger partial charge in [-0.2, -0.15) is 5.26 Å². The highest BCUT2D eigenvalue weighted by molar-refractivity contribution is 7.99. The van der Waals surface area contributed by atoms with E-state index in [1.54, 1.807) is 24.2 Å². The van der Waals surface area contributed by atoms with E-state index in [1.165, 1.54) is 6.20 Å². The molecule has 0 atom stereocenters. The molecule has 0 bridgehead atoms. The van der Waals surface area contributed by atoms with Crippen LogP contribution in [-0.4, -0.2) is 31.8 Å². The maximum Gasteiger partial charge on any atom is 0.182 e. The van der Waals surface area contributed by atoms with Crippen LogP contribution in [0.15, 0.2) is 29.9 Å². The van der Waals surface area contributed by atoms with E-state index in [4.69, 9.17) is 5.26 Å². The Morgan fingerprint density at radius 3 is 2.89 bits per heavy atom. The van der Waals surface area contributed by atoms with Crippen LogP contribution in [0.5, 0.6) is 0 Å². The molecule has 1 N–H and O–H groups in total. The van der Waals surface area contributed by atoms with Gasteiger partial charge in [0.1, 0.15) is 6.07 Å². The van der Waals surface area contributed by atoms with Gasteiger partial charge in [-0.15, -0.1) is 0 Å². The van der Waals surface area contributed by atoms with Crippen molar-refractivity contribution >= 4 is 17.6 Å². The Labute approximate surface area is 109 Å². The Bertz CT molecular complexity index is 559. The van der Waals surface area contributed by atoms with Gasteiger partial charge in [-0.25, -0.2) is 15.0 Å². The molecule has 0 saturated heterocycles. The highest BCUT2D eigenvalue weighted by atomic mass is 32.2. The van der Waals surface area contributed by atoms with Gasteiger partial charge in [0.05, 0.1) is 0 Å². The molecule has 0 amide bonds. The zero-order valence-electron chi connectivity index (χ0n) is 9.87. The molecule has 6 nitrogen and oxygen atoms in total. The predicted octanol–water partition coefficient (Wildman–Crippen LogP) is 1.29. The Hall–Kier alpha value is -2.07. The van der Waals surface area contributed by atoms with Crippen molar-refractivity contribution in [3.8, 4) is 6.07 Å². The monoisotopic (exact) mass is 260 g/mol. The van der Waals surface area contributed by atoms with Crippen LogP contribution in [0.25, 0.3) is 0 Å². The number of aromatic nitrogens is 4. The van der Waals surface area contributed by atoms with Gasteiger partial charge in [-0.3, -0.25) is 0 Å². The van der Waals surface area contributed by atoms with Crippen molar-refractivity contribution in [3.63, 3.8) is 0 Å². The summed E-state index contributed by atoms with van der Waals surface area (Å²) in [6, 6.07) is 2.00. The Kier molecular flexibility index (Phi) is 4.15. The third-order valence-electron chi connectivity index (χ3n) is 2.21. The number of rotatable bonds is 5. The molecule has 0 fully saturated rings. The zero-order valence-corrected chi connectivity index (χ0v) is 10.7. The molecule has 2 heterocycles. The average molecular weight is 260 g/mol. The second-order valence-corrected chi connectivity index (χ2v) is 4.52. The third kappa shape index (κ3) is 2.99. The van der Waals surface area contributed by atoms with Crippen LogP contribution in [0.1, 0.15) is 5.69 Å². The highest BCUT2D eigenvalue weighted by Gasteiger charge is 2.03. The van der Waals surface area contributed by atoms with Gasteiger partial charge >= 0.3 is 0 Å². The number of hydrogen-bond acceptors (Lipinski definition) is 6. The minimum absolute atomic E-state index is 0.319. The van der Waals surface area contributed by atoms with E-state index in [0.29, 0.717) is 18.1 Å². The summed E-state index contributed by atoms with van der Waals surface area (Å²) in [4.78, 5) is 12.2. The lowest BCUT2D eigenvalue weighted by atomic mass is 10.4. The highest BCUT2D eigenvalue weighted by Crippen LogP contribution is 2.14. The Balaban J connectivity index is 1.82. The molecule has 2 aromatic rings. The molecule has 0 aliphatic rings. The van der Waals surface area contributed by atoms with Crippen molar-refractivity contribution < 1.29 is 0 Å². The van der Waals surface area contributed by atoms with Crippen molar-refractivity contribution in [2.45, 2.75) is 5.16 Å². The van der Waals surface area contributed by atoms with Crippen molar-refractivity contribution in [1.82, 2.24) is 19.5 Å². The Morgan fingerprint density at radius 2 is 2.17 bits per heavy atom. The van der Waals surface area contributed by atoms with Crippen LogP contribution in [0.3, 0.4) is 0 Å². The molecular formula is C11H12N6S. The maximum absolute atomic E-state index is 8.85. The van der Waals surface area contributed by atoms with Crippen molar-refractivity contribution in [1.29, 1.82) is 5.26 Å². The number of hydrogen-bond donors (Lipinski definition) is 1. The maximum atomic E-state index is 8.85. The number of thioether (sulfide) groups is 1. The number of nitriles is 1. The summed E-state index contributed by atoms with van der Waals surface area (Å²) in [6.45, 7) is 0.699. The first-order valence-corrected chi connectivity index (χ1v) is 6.35. The zero-order chi connectivity index (χ0) is 12.8. The lowest BCUT2D eigenvalue weighted by molar-refractivity contribution is 0.790. The fourth-order valence-corrected chi connectivity index (χ4v) is 2.14. The summed E-state index contributed by atoms with van der Waals surface area (Å²) in [6.07, 6.45) is 6.75. The summed E-state index contributed by atoms with van der Waals surface area (Å²) in [5, 5.41) is 12.9. The van der Waals surface area contributed by atoms with Crippen LogP contribution >= 0.6 is 11.8 Å². The van der Waals surface area contributed by atoms with E-state index in [1.807, 2.05) is 23.9 Å². The largest absolute Gasteiger partial charge is 0.367 e. The van der Waals surface area contributed by atoms with Crippen molar-refractivity contribution in [2.24, 2.45) is 7.05 Å². The average Bonchev–Trinajstić information content (AvgIpc) is 2.81. The van der Waals surface area contributed by atoms with Crippen molar-refractivity contribution in [2.75, 3.05) is 17.6 Å². The first kappa shape index (κ1) is 12.4. The second-order valence-electron chi connectivity index (χ2n) is 3.46. The van der Waals surface area contributed by atoms with Crippen LogP contribution < -0.4 is 5.32 Å². The number of nitrogens with one attached hydrogen (secondary N) is 1. The van der Waals surface area contributed by atoms with Gasteiger partial charge in [-0.1, -0.05) is 11.8 Å². The number of nitrogens with zero attached hydrogens (tertiary/aromatic N) is 5. The summed E-state index contributed by atoms with van der Waals surface area (Å²) in [7, 11) is 1.96. The second kappa shape index (κ2) is 6.02. The summed E-state index contributed by atoms with van der Waals surface area (Å²) >= 11 is 1.64. The molecule has 0 aliphatic carbocycles. The molecule has 0 radical (unpaired) electrons. The van der Waals surface area contributed by atoms with Gasteiger partial charge in [-0.05, 0) is 0 Å². The summed E-state index contributed by atoms with van der Waals surface area (Å²) < 4.78 is 1.97. The van der Waals surface area contributed by atoms with Crippen LogP contribution in [0.4, 0.5) is 5.82 Å². The normalized spacial score (nSPS) is 10.0. The van der Waals surface area contributed by atoms with Crippen LogP contribution in [-0.2, 0) is 7.05 Å². The fraction of sp³-hybridized carbons (Fsp3) is 0.273. The summed E-state index contributed by atoms with van der Waals surface area (Å²) in [5.74, 6) is 1.37. The molecule has 18 heavy (non-hydrogen) atoms. The minimum Gasteiger partial charge on any atom is -0.367 e. The van der Waals surface area contributed by atoms with E-state index in [-0.39, 0.29) is 0 Å². The van der Waals surface area contributed by atoms with Crippen LogP contribution in [0.2, 0.25) is 0 Å². The Morgan fingerprint density at radius 1 is 1.33 bits per heavy atom. The number of aryl methyl sites for hydroxylation is 1. The molecule has 7 heteroatoms. The van der Waals surface area contributed by atoms with Gasteiger partial charge in [0.2, 0.25) is 0 Å². The van der Waals surface area contributed by atoms with E-state index in [2.05, 4.69) is 20.3 Å². The van der Waals surface area contributed by atoms with Gasteiger partial charge in [0, 0.05) is 44.1 Å². The van der Waals surface area contributed by atoms with Gasteiger partial charge in [0.15, 0.2) is 16.7 Å². The van der Waals surface area contributed by atoms with Crippen molar-refractivity contribution in [3.05, 3.63) is 30.5 Å². The molecule has 2 aromatic heterocycles. The summed E-state index contributed by atoms with van der Waals surface area (Å²) in [5.41, 5.74) is 0.319. The molecule has 0 unspecified atom stereocenters. The van der Waals surface area contributed by atoms with Gasteiger partial charge in [0.25, 0.3) is 0 Å². The first-order chi connectivity index (χ1) is 8.81.